The SMILES string of the molecule is Cc1cc(C(=O)Nc2ccc(F)cc2)nc(Nc2ccc(OC(C)C)cc2)n1. The van der Waals surface area contributed by atoms with E-state index >= 15 is 0 Å². The molecule has 0 spiro atoms. The van der Waals surface area contributed by atoms with Crippen molar-refractivity contribution in [2.45, 2.75) is 26.9 Å². The maximum Gasteiger partial charge on any atom is 0.274 e. The third-order valence-corrected chi connectivity index (χ3v) is 3.67. The number of nitrogens with zero attached hydrogens (tertiary/aromatic N) is 2. The first-order valence-electron chi connectivity index (χ1n) is 8.85. The number of ether oxygens (including phenoxy) is 1. The molecule has 1 aromatic heterocycles. The smallest absolute Gasteiger partial charge is 0.274 e. The van der Waals surface area contributed by atoms with Crippen molar-refractivity contribution in [3.63, 3.8) is 0 Å². The predicted octanol–water partition coefficient (Wildman–Crippen LogP) is 4.71. The van der Waals surface area contributed by atoms with Crippen molar-refractivity contribution in [1.29, 1.82) is 0 Å². The van der Waals surface area contributed by atoms with E-state index in [0.717, 1.165) is 11.4 Å². The number of anilines is 3. The standard InChI is InChI=1S/C21H21FN4O2/c1-13(2)28-18-10-8-17(9-11-18)25-21-23-14(3)12-19(26-21)20(27)24-16-6-4-15(22)5-7-16/h4-13H,1-3H3,(H,24,27)(H,23,25,26). The summed E-state index contributed by atoms with van der Waals surface area (Å²) in [5.41, 5.74) is 2.10. The monoisotopic (exact) mass is 380 g/mol. The van der Waals surface area contributed by atoms with Crippen molar-refractivity contribution in [2.75, 3.05) is 10.6 Å². The molecule has 0 saturated heterocycles. The second-order valence-corrected chi connectivity index (χ2v) is 6.50. The number of hydrogen-bond donors (Lipinski definition) is 2. The highest BCUT2D eigenvalue weighted by Crippen LogP contribution is 2.20. The summed E-state index contributed by atoms with van der Waals surface area (Å²) in [6, 6.07) is 14.5. The molecule has 3 aromatic rings. The topological polar surface area (TPSA) is 76.1 Å². The van der Waals surface area contributed by atoms with Gasteiger partial charge in [0.25, 0.3) is 5.91 Å². The maximum atomic E-state index is 13.0. The first-order valence-corrected chi connectivity index (χ1v) is 8.85. The summed E-state index contributed by atoms with van der Waals surface area (Å²) >= 11 is 0. The van der Waals surface area contributed by atoms with E-state index in [4.69, 9.17) is 4.74 Å². The summed E-state index contributed by atoms with van der Waals surface area (Å²) in [4.78, 5) is 21.1. The molecule has 0 aliphatic rings. The van der Waals surface area contributed by atoms with Crippen LogP contribution >= 0.6 is 0 Å². The molecule has 2 aromatic carbocycles. The van der Waals surface area contributed by atoms with E-state index in [9.17, 15) is 9.18 Å². The van der Waals surface area contributed by atoms with Crippen LogP contribution in [0.5, 0.6) is 5.75 Å². The van der Waals surface area contributed by atoms with Crippen LogP contribution in [-0.4, -0.2) is 22.0 Å². The molecule has 7 heteroatoms. The Morgan fingerprint density at radius 2 is 1.64 bits per heavy atom. The fourth-order valence-corrected chi connectivity index (χ4v) is 2.49. The summed E-state index contributed by atoms with van der Waals surface area (Å²) in [6.45, 7) is 5.71. The fraction of sp³-hybridized carbons (Fsp3) is 0.190. The van der Waals surface area contributed by atoms with Crippen LogP contribution in [0.3, 0.4) is 0 Å². The first kappa shape index (κ1) is 19.3. The Kier molecular flexibility index (Phi) is 5.84. The summed E-state index contributed by atoms with van der Waals surface area (Å²) in [7, 11) is 0. The molecule has 0 saturated carbocycles. The highest BCUT2D eigenvalue weighted by atomic mass is 19.1. The largest absolute Gasteiger partial charge is 0.491 e. The highest BCUT2D eigenvalue weighted by Gasteiger charge is 2.11. The van der Waals surface area contributed by atoms with Crippen LogP contribution < -0.4 is 15.4 Å². The van der Waals surface area contributed by atoms with Crippen LogP contribution in [0.2, 0.25) is 0 Å². The highest BCUT2D eigenvalue weighted by molar-refractivity contribution is 6.03. The van der Waals surface area contributed by atoms with Gasteiger partial charge < -0.3 is 15.4 Å². The molecule has 0 aliphatic carbocycles. The second kappa shape index (κ2) is 8.47. The number of aryl methyl sites for hydroxylation is 1. The molecule has 0 atom stereocenters. The fourth-order valence-electron chi connectivity index (χ4n) is 2.49. The number of carbonyl (C=O) groups is 1. The third-order valence-electron chi connectivity index (χ3n) is 3.67. The molecule has 0 unspecified atom stereocenters. The number of rotatable bonds is 6. The Bertz CT molecular complexity index is 957. The number of benzene rings is 2. The minimum Gasteiger partial charge on any atom is -0.491 e. The molecular weight excluding hydrogens is 359 g/mol. The van der Waals surface area contributed by atoms with E-state index in [0.29, 0.717) is 17.3 Å². The summed E-state index contributed by atoms with van der Waals surface area (Å²) in [5, 5.41) is 5.77. The van der Waals surface area contributed by atoms with Crippen molar-refractivity contribution in [1.82, 2.24) is 9.97 Å². The lowest BCUT2D eigenvalue weighted by Crippen LogP contribution is -2.15. The van der Waals surface area contributed by atoms with Gasteiger partial charge in [-0.05, 0) is 75.4 Å². The molecule has 0 aliphatic heterocycles. The van der Waals surface area contributed by atoms with E-state index < -0.39 is 5.91 Å². The Morgan fingerprint density at radius 1 is 1.00 bits per heavy atom. The molecule has 0 radical (unpaired) electrons. The Labute approximate surface area is 162 Å². The van der Waals surface area contributed by atoms with Gasteiger partial charge in [0.05, 0.1) is 6.10 Å². The van der Waals surface area contributed by atoms with Crippen LogP contribution in [0, 0.1) is 12.7 Å². The number of hydrogen-bond acceptors (Lipinski definition) is 5. The zero-order valence-corrected chi connectivity index (χ0v) is 15.9. The molecule has 3 rings (SSSR count). The van der Waals surface area contributed by atoms with Crippen molar-refractivity contribution in [3.05, 3.63) is 71.8 Å². The Hall–Kier alpha value is -3.48. The van der Waals surface area contributed by atoms with Gasteiger partial charge in [-0.15, -0.1) is 0 Å². The van der Waals surface area contributed by atoms with Crippen LogP contribution in [0.4, 0.5) is 21.7 Å². The predicted molar refractivity (Wildman–Crippen MR) is 107 cm³/mol. The number of amides is 1. The van der Waals surface area contributed by atoms with Crippen molar-refractivity contribution in [2.24, 2.45) is 0 Å². The lowest BCUT2D eigenvalue weighted by Gasteiger charge is -2.11. The van der Waals surface area contributed by atoms with Crippen LogP contribution in [-0.2, 0) is 0 Å². The molecule has 0 bridgehead atoms. The van der Waals surface area contributed by atoms with Crippen LogP contribution in [0.1, 0.15) is 30.0 Å². The summed E-state index contributed by atoms with van der Waals surface area (Å²) in [6.07, 6.45) is 0.0982. The summed E-state index contributed by atoms with van der Waals surface area (Å²) < 4.78 is 18.6. The molecule has 28 heavy (non-hydrogen) atoms. The quantitative estimate of drug-likeness (QED) is 0.648. The minimum absolute atomic E-state index is 0.0982. The van der Waals surface area contributed by atoms with Gasteiger partial charge in [-0.1, -0.05) is 0 Å². The van der Waals surface area contributed by atoms with Gasteiger partial charge in [-0.25, -0.2) is 14.4 Å². The van der Waals surface area contributed by atoms with Crippen LogP contribution in [0.25, 0.3) is 0 Å². The average Bonchev–Trinajstić information content (AvgIpc) is 2.64. The third kappa shape index (κ3) is 5.26. The molecule has 1 heterocycles. The van der Waals surface area contributed by atoms with Gasteiger partial charge in [0.2, 0.25) is 5.95 Å². The zero-order valence-electron chi connectivity index (χ0n) is 15.9. The van der Waals surface area contributed by atoms with E-state index in [1.54, 1.807) is 13.0 Å². The molecule has 6 nitrogen and oxygen atoms in total. The van der Waals surface area contributed by atoms with E-state index in [-0.39, 0.29) is 17.6 Å². The van der Waals surface area contributed by atoms with Crippen molar-refractivity contribution >= 4 is 23.2 Å². The number of halogens is 1. The Balaban J connectivity index is 1.73. The Morgan fingerprint density at radius 3 is 2.29 bits per heavy atom. The normalized spacial score (nSPS) is 10.6. The minimum atomic E-state index is -0.402. The van der Waals surface area contributed by atoms with Gasteiger partial charge in [0, 0.05) is 17.1 Å². The van der Waals surface area contributed by atoms with Gasteiger partial charge in [-0.2, -0.15) is 0 Å². The maximum absolute atomic E-state index is 13.0. The summed E-state index contributed by atoms with van der Waals surface area (Å²) in [5.74, 6) is 0.305. The van der Waals surface area contributed by atoms with Crippen molar-refractivity contribution in [3.8, 4) is 5.75 Å². The van der Waals surface area contributed by atoms with E-state index in [2.05, 4.69) is 20.6 Å². The molecule has 1 amide bonds. The van der Waals surface area contributed by atoms with Gasteiger partial charge >= 0.3 is 0 Å². The molecule has 0 fully saturated rings. The average molecular weight is 380 g/mol. The van der Waals surface area contributed by atoms with Gasteiger partial charge in [0.1, 0.15) is 17.3 Å². The van der Waals surface area contributed by atoms with E-state index in [1.165, 1.54) is 24.3 Å². The van der Waals surface area contributed by atoms with E-state index in [1.807, 2.05) is 38.1 Å². The number of nitrogens with one attached hydrogen (secondary N) is 2. The lowest BCUT2D eigenvalue weighted by molar-refractivity contribution is 0.102. The second-order valence-electron chi connectivity index (χ2n) is 6.50. The van der Waals surface area contributed by atoms with Gasteiger partial charge in [0.15, 0.2) is 0 Å². The molecule has 144 valence electrons. The van der Waals surface area contributed by atoms with Gasteiger partial charge in [-0.3, -0.25) is 4.79 Å². The van der Waals surface area contributed by atoms with Crippen LogP contribution in [0.15, 0.2) is 54.6 Å². The first-order chi connectivity index (χ1) is 13.4. The molecule has 2 N–H and O–H groups in total. The number of carbonyl (C=O) groups excluding carboxylic acids is 1. The number of aromatic nitrogens is 2. The van der Waals surface area contributed by atoms with Crippen molar-refractivity contribution < 1.29 is 13.9 Å². The zero-order chi connectivity index (χ0) is 20.1. The lowest BCUT2D eigenvalue weighted by atomic mass is 10.2. The molecular formula is C21H21FN4O2.